The lowest BCUT2D eigenvalue weighted by molar-refractivity contribution is -0.121. The van der Waals surface area contributed by atoms with E-state index in [2.05, 4.69) is 16.2 Å². The number of aromatic hydroxyl groups is 1. The predicted octanol–water partition coefficient (Wildman–Crippen LogP) is 0.377. The summed E-state index contributed by atoms with van der Waals surface area (Å²) in [6, 6.07) is 3.66. The molecular formula is C10H10ClN3O3. The number of halogens is 1. The lowest BCUT2D eigenvalue weighted by atomic mass is 10.2. The smallest absolute Gasteiger partial charge is 0.243 e. The van der Waals surface area contributed by atoms with Gasteiger partial charge in [0.05, 0.1) is 12.1 Å². The molecule has 17 heavy (non-hydrogen) atoms. The highest BCUT2D eigenvalue weighted by Crippen LogP contribution is 2.26. The van der Waals surface area contributed by atoms with Gasteiger partial charge in [0.1, 0.15) is 11.8 Å². The minimum Gasteiger partial charge on any atom is -0.506 e. The number of nitrogens with one attached hydrogen (secondary N) is 3. The zero-order chi connectivity index (χ0) is 12.4. The summed E-state index contributed by atoms with van der Waals surface area (Å²) in [5, 5.41) is 12.4. The maximum absolute atomic E-state index is 11.7. The highest BCUT2D eigenvalue weighted by molar-refractivity contribution is 6.31. The fourth-order valence-electron chi connectivity index (χ4n) is 1.44. The van der Waals surface area contributed by atoms with E-state index in [9.17, 15) is 14.7 Å². The van der Waals surface area contributed by atoms with E-state index in [-0.39, 0.29) is 23.8 Å². The van der Waals surface area contributed by atoms with Crippen LogP contribution in [0.3, 0.4) is 0 Å². The molecule has 0 aliphatic carbocycles. The van der Waals surface area contributed by atoms with Gasteiger partial charge in [0.2, 0.25) is 11.8 Å². The summed E-state index contributed by atoms with van der Waals surface area (Å²) in [6.07, 6.45) is 0.0627. The average molecular weight is 256 g/mol. The molecular weight excluding hydrogens is 246 g/mol. The third-order valence-electron chi connectivity index (χ3n) is 2.31. The molecule has 4 N–H and O–H groups in total. The predicted molar refractivity (Wildman–Crippen MR) is 61.4 cm³/mol. The van der Waals surface area contributed by atoms with Crippen LogP contribution >= 0.6 is 11.6 Å². The van der Waals surface area contributed by atoms with Crippen molar-refractivity contribution in [2.75, 3.05) is 5.32 Å². The first kappa shape index (κ1) is 11.7. The van der Waals surface area contributed by atoms with E-state index >= 15 is 0 Å². The Morgan fingerprint density at radius 1 is 1.53 bits per heavy atom. The van der Waals surface area contributed by atoms with Crippen molar-refractivity contribution in [3.8, 4) is 5.75 Å². The molecule has 0 spiro atoms. The molecule has 1 aromatic rings. The van der Waals surface area contributed by atoms with Crippen LogP contribution in [0.25, 0.3) is 0 Å². The summed E-state index contributed by atoms with van der Waals surface area (Å²) in [4.78, 5) is 22.6. The number of carbonyl (C=O) groups is 2. The Kier molecular flexibility index (Phi) is 3.16. The van der Waals surface area contributed by atoms with Gasteiger partial charge >= 0.3 is 0 Å². The van der Waals surface area contributed by atoms with Crippen LogP contribution in [0.5, 0.6) is 5.75 Å². The number of amides is 2. The summed E-state index contributed by atoms with van der Waals surface area (Å²) in [5.74, 6) is -0.749. The van der Waals surface area contributed by atoms with Crippen LogP contribution in [0.15, 0.2) is 18.2 Å². The lowest BCUT2D eigenvalue weighted by Gasteiger charge is -2.11. The standard InChI is InChI=1S/C10H10ClN3O3/c11-5-1-2-8(15)6(3-5)12-10(17)7-4-9(16)14-13-7/h1-3,7,13,15H,4H2,(H,12,17)(H,14,16). The van der Waals surface area contributed by atoms with Crippen LogP contribution in [0, 0.1) is 0 Å². The van der Waals surface area contributed by atoms with Crippen LogP contribution in [0.1, 0.15) is 6.42 Å². The number of hydrazine groups is 1. The summed E-state index contributed by atoms with van der Waals surface area (Å²) < 4.78 is 0. The highest BCUT2D eigenvalue weighted by atomic mass is 35.5. The second-order valence-corrected chi connectivity index (χ2v) is 4.04. The number of phenolic OH excluding ortho intramolecular Hbond substituents is 1. The van der Waals surface area contributed by atoms with E-state index in [1.54, 1.807) is 0 Å². The fourth-order valence-corrected chi connectivity index (χ4v) is 1.61. The molecule has 1 heterocycles. The molecule has 0 aromatic heterocycles. The molecule has 90 valence electrons. The molecule has 0 radical (unpaired) electrons. The monoisotopic (exact) mass is 255 g/mol. The molecule has 0 bridgehead atoms. The second kappa shape index (κ2) is 4.60. The first-order chi connectivity index (χ1) is 8.06. The van der Waals surface area contributed by atoms with Crippen molar-refractivity contribution in [1.82, 2.24) is 10.9 Å². The van der Waals surface area contributed by atoms with Gasteiger partial charge in [-0.05, 0) is 18.2 Å². The van der Waals surface area contributed by atoms with Crippen molar-refractivity contribution >= 4 is 29.1 Å². The maximum Gasteiger partial charge on any atom is 0.243 e. The first-order valence-electron chi connectivity index (χ1n) is 4.90. The van der Waals surface area contributed by atoms with Crippen molar-refractivity contribution in [2.24, 2.45) is 0 Å². The van der Waals surface area contributed by atoms with Gasteiger partial charge in [0.25, 0.3) is 0 Å². The van der Waals surface area contributed by atoms with E-state index in [1.165, 1.54) is 18.2 Å². The number of benzene rings is 1. The Balaban J connectivity index is 2.07. The normalized spacial score (nSPS) is 18.9. The fraction of sp³-hybridized carbons (Fsp3) is 0.200. The molecule has 7 heteroatoms. The number of hydrogen-bond donors (Lipinski definition) is 4. The van der Waals surface area contributed by atoms with Gasteiger partial charge in [-0.1, -0.05) is 11.6 Å². The van der Waals surface area contributed by atoms with Crippen molar-refractivity contribution in [1.29, 1.82) is 0 Å². The summed E-state index contributed by atoms with van der Waals surface area (Å²) >= 11 is 5.74. The van der Waals surface area contributed by atoms with Gasteiger partial charge in [0.15, 0.2) is 0 Å². The lowest BCUT2D eigenvalue weighted by Crippen LogP contribution is -2.39. The van der Waals surface area contributed by atoms with Gasteiger partial charge in [0, 0.05) is 5.02 Å². The van der Waals surface area contributed by atoms with Crippen molar-refractivity contribution in [3.63, 3.8) is 0 Å². The number of rotatable bonds is 2. The van der Waals surface area contributed by atoms with Crippen LogP contribution in [-0.4, -0.2) is 23.0 Å². The maximum atomic E-state index is 11.7. The van der Waals surface area contributed by atoms with Crippen LogP contribution in [-0.2, 0) is 9.59 Å². The Hall–Kier alpha value is -1.79. The first-order valence-corrected chi connectivity index (χ1v) is 5.28. The molecule has 6 nitrogen and oxygen atoms in total. The van der Waals surface area contributed by atoms with Gasteiger partial charge in [-0.3, -0.25) is 15.0 Å². The van der Waals surface area contributed by atoms with E-state index in [0.29, 0.717) is 5.02 Å². The number of phenols is 1. The Morgan fingerprint density at radius 2 is 2.29 bits per heavy atom. The third-order valence-corrected chi connectivity index (χ3v) is 2.54. The molecule has 1 aliphatic rings. The number of carbonyl (C=O) groups excluding carboxylic acids is 2. The van der Waals surface area contributed by atoms with Crippen molar-refractivity contribution in [3.05, 3.63) is 23.2 Å². The Labute approximate surface area is 102 Å². The molecule has 1 saturated heterocycles. The molecule has 0 saturated carbocycles. The Morgan fingerprint density at radius 3 is 2.94 bits per heavy atom. The molecule has 1 fully saturated rings. The second-order valence-electron chi connectivity index (χ2n) is 3.60. The largest absolute Gasteiger partial charge is 0.506 e. The number of anilines is 1. The summed E-state index contributed by atoms with van der Waals surface area (Å²) in [6.45, 7) is 0. The summed E-state index contributed by atoms with van der Waals surface area (Å²) in [7, 11) is 0. The zero-order valence-corrected chi connectivity index (χ0v) is 9.41. The van der Waals surface area contributed by atoms with Crippen LogP contribution in [0.4, 0.5) is 5.69 Å². The minimum absolute atomic E-state index is 0.0627. The quantitative estimate of drug-likeness (QED) is 0.575. The molecule has 1 aliphatic heterocycles. The molecule has 2 amide bonds. The molecule has 2 rings (SSSR count). The van der Waals surface area contributed by atoms with E-state index in [0.717, 1.165) is 0 Å². The van der Waals surface area contributed by atoms with Gasteiger partial charge in [-0.15, -0.1) is 0 Å². The van der Waals surface area contributed by atoms with Crippen molar-refractivity contribution < 1.29 is 14.7 Å². The topological polar surface area (TPSA) is 90.5 Å². The SMILES string of the molecule is O=C1CC(C(=O)Nc2cc(Cl)ccc2O)NN1. The van der Waals surface area contributed by atoms with E-state index < -0.39 is 11.9 Å². The van der Waals surface area contributed by atoms with Crippen molar-refractivity contribution in [2.45, 2.75) is 12.5 Å². The van der Waals surface area contributed by atoms with Gasteiger partial charge in [-0.25, -0.2) is 5.43 Å². The van der Waals surface area contributed by atoms with Gasteiger partial charge in [-0.2, -0.15) is 0 Å². The average Bonchev–Trinajstić information content (AvgIpc) is 2.70. The van der Waals surface area contributed by atoms with E-state index in [4.69, 9.17) is 11.6 Å². The van der Waals surface area contributed by atoms with Crippen LogP contribution < -0.4 is 16.2 Å². The Bertz CT molecular complexity index is 478. The third kappa shape index (κ3) is 2.66. The van der Waals surface area contributed by atoms with Gasteiger partial charge < -0.3 is 10.4 Å². The summed E-state index contributed by atoms with van der Waals surface area (Å²) in [5.41, 5.74) is 5.07. The number of hydrogen-bond acceptors (Lipinski definition) is 4. The molecule has 1 unspecified atom stereocenters. The zero-order valence-electron chi connectivity index (χ0n) is 8.66. The molecule has 1 atom stereocenters. The highest BCUT2D eigenvalue weighted by Gasteiger charge is 2.27. The minimum atomic E-state index is -0.652. The van der Waals surface area contributed by atoms with E-state index in [1.807, 2.05) is 0 Å². The molecule has 1 aromatic carbocycles. The van der Waals surface area contributed by atoms with Crippen LogP contribution in [0.2, 0.25) is 5.02 Å².